The Hall–Kier alpha value is -2.04. The summed E-state index contributed by atoms with van der Waals surface area (Å²) in [6, 6.07) is 6.71. The molecule has 1 amide bonds. The summed E-state index contributed by atoms with van der Waals surface area (Å²) in [5.74, 6) is 0.0846. The predicted octanol–water partition coefficient (Wildman–Crippen LogP) is 2.77. The van der Waals surface area contributed by atoms with Gasteiger partial charge >= 0.3 is 5.97 Å². The summed E-state index contributed by atoms with van der Waals surface area (Å²) in [5.41, 5.74) is 0.605. The summed E-state index contributed by atoms with van der Waals surface area (Å²) < 4.78 is 5.06. The largest absolute Gasteiger partial charge is 0.482 e. The molecule has 0 aliphatic heterocycles. The lowest BCUT2D eigenvalue weighted by Gasteiger charge is -2.15. The third kappa shape index (κ3) is 5.73. The van der Waals surface area contributed by atoms with E-state index in [1.165, 1.54) is 0 Å². The molecule has 0 heterocycles. The molecule has 0 saturated carbocycles. The number of carboxylic acid groups (broad SMARTS) is 1. The van der Waals surface area contributed by atoms with Gasteiger partial charge in [-0.05, 0) is 24.0 Å². The lowest BCUT2D eigenvalue weighted by molar-refractivity contribution is -0.139. The standard InChI is InChI=1S/C15H21NO4/c1-10(2)11(3)7-14(17)16-12-5-4-6-13(8-12)20-9-15(18)19/h4-6,8,10-11H,7,9H2,1-3H3,(H,16,17)(H,18,19). The molecule has 5 heteroatoms. The number of carbonyl (C=O) groups excluding carboxylic acids is 1. The van der Waals surface area contributed by atoms with Crippen LogP contribution in [0.2, 0.25) is 0 Å². The van der Waals surface area contributed by atoms with E-state index in [2.05, 4.69) is 19.2 Å². The van der Waals surface area contributed by atoms with E-state index in [-0.39, 0.29) is 5.91 Å². The first-order valence-electron chi connectivity index (χ1n) is 6.63. The van der Waals surface area contributed by atoms with Crippen molar-refractivity contribution in [2.45, 2.75) is 27.2 Å². The van der Waals surface area contributed by atoms with Crippen molar-refractivity contribution in [2.75, 3.05) is 11.9 Å². The first kappa shape index (κ1) is 16.0. The minimum Gasteiger partial charge on any atom is -0.482 e. The molecule has 0 aromatic heterocycles. The zero-order valence-corrected chi connectivity index (χ0v) is 12.1. The quantitative estimate of drug-likeness (QED) is 0.804. The number of nitrogens with one attached hydrogen (secondary N) is 1. The Bertz CT molecular complexity index is 471. The van der Waals surface area contributed by atoms with Crippen molar-refractivity contribution < 1.29 is 19.4 Å². The van der Waals surface area contributed by atoms with Crippen LogP contribution in [-0.4, -0.2) is 23.6 Å². The van der Waals surface area contributed by atoms with Gasteiger partial charge in [-0.3, -0.25) is 4.79 Å². The summed E-state index contributed by atoms with van der Waals surface area (Å²) in [5, 5.41) is 11.3. The molecule has 0 saturated heterocycles. The molecule has 1 aromatic carbocycles. The number of hydrogen-bond acceptors (Lipinski definition) is 3. The lowest BCUT2D eigenvalue weighted by atomic mass is 9.94. The fraction of sp³-hybridized carbons (Fsp3) is 0.467. The van der Waals surface area contributed by atoms with Crippen molar-refractivity contribution in [1.29, 1.82) is 0 Å². The average Bonchev–Trinajstić information content (AvgIpc) is 2.36. The molecule has 0 bridgehead atoms. The van der Waals surface area contributed by atoms with Gasteiger partial charge in [-0.1, -0.05) is 26.8 Å². The zero-order chi connectivity index (χ0) is 15.1. The van der Waals surface area contributed by atoms with Gasteiger partial charge in [0.05, 0.1) is 0 Å². The van der Waals surface area contributed by atoms with Crippen molar-refractivity contribution in [3.8, 4) is 5.75 Å². The third-order valence-electron chi connectivity index (χ3n) is 3.13. The Labute approximate surface area is 118 Å². The second kappa shape index (κ2) is 7.53. The van der Waals surface area contributed by atoms with E-state index >= 15 is 0 Å². The Balaban J connectivity index is 2.57. The second-order valence-electron chi connectivity index (χ2n) is 5.18. The Morgan fingerprint density at radius 3 is 2.60 bits per heavy atom. The van der Waals surface area contributed by atoms with Crippen LogP contribution in [0.15, 0.2) is 24.3 Å². The first-order chi connectivity index (χ1) is 9.38. The minimum absolute atomic E-state index is 0.0541. The smallest absolute Gasteiger partial charge is 0.341 e. The molecule has 5 nitrogen and oxygen atoms in total. The van der Waals surface area contributed by atoms with Crippen molar-refractivity contribution in [2.24, 2.45) is 11.8 Å². The summed E-state index contributed by atoms with van der Waals surface area (Å²) in [6.07, 6.45) is 0.456. The van der Waals surface area contributed by atoms with Gasteiger partial charge in [0, 0.05) is 18.2 Å². The molecule has 0 spiro atoms. The van der Waals surface area contributed by atoms with E-state index in [9.17, 15) is 9.59 Å². The lowest BCUT2D eigenvalue weighted by Crippen LogP contribution is -2.18. The van der Waals surface area contributed by atoms with E-state index < -0.39 is 12.6 Å². The molecule has 0 radical (unpaired) electrons. The van der Waals surface area contributed by atoms with Crippen LogP contribution in [0.1, 0.15) is 27.2 Å². The topological polar surface area (TPSA) is 75.6 Å². The molecular formula is C15H21NO4. The molecule has 110 valence electrons. The van der Waals surface area contributed by atoms with Gasteiger partial charge < -0.3 is 15.2 Å². The summed E-state index contributed by atoms with van der Waals surface area (Å²) in [4.78, 5) is 22.3. The number of carboxylic acids is 1. The van der Waals surface area contributed by atoms with E-state index in [1.807, 2.05) is 6.92 Å². The predicted molar refractivity (Wildman–Crippen MR) is 76.8 cm³/mol. The maximum absolute atomic E-state index is 11.9. The number of ether oxygens (including phenoxy) is 1. The monoisotopic (exact) mass is 279 g/mol. The van der Waals surface area contributed by atoms with Gasteiger partial charge in [0.1, 0.15) is 5.75 Å². The minimum atomic E-state index is -1.04. The molecule has 1 aromatic rings. The second-order valence-corrected chi connectivity index (χ2v) is 5.18. The molecule has 0 aliphatic carbocycles. The van der Waals surface area contributed by atoms with Crippen LogP contribution in [-0.2, 0) is 9.59 Å². The van der Waals surface area contributed by atoms with Crippen LogP contribution in [0.25, 0.3) is 0 Å². The van der Waals surface area contributed by atoms with Gasteiger partial charge in [0.15, 0.2) is 6.61 Å². The maximum atomic E-state index is 11.9. The fourth-order valence-corrected chi connectivity index (χ4v) is 1.55. The van der Waals surface area contributed by atoms with Crippen LogP contribution < -0.4 is 10.1 Å². The zero-order valence-electron chi connectivity index (χ0n) is 12.1. The summed E-state index contributed by atoms with van der Waals surface area (Å²) in [7, 11) is 0. The molecule has 0 aliphatic rings. The maximum Gasteiger partial charge on any atom is 0.341 e. The van der Waals surface area contributed by atoms with Crippen molar-refractivity contribution in [1.82, 2.24) is 0 Å². The van der Waals surface area contributed by atoms with Gasteiger partial charge in [-0.15, -0.1) is 0 Å². The number of hydrogen-bond donors (Lipinski definition) is 2. The highest BCUT2D eigenvalue weighted by Crippen LogP contribution is 2.19. The van der Waals surface area contributed by atoms with E-state index in [4.69, 9.17) is 9.84 Å². The highest BCUT2D eigenvalue weighted by atomic mass is 16.5. The van der Waals surface area contributed by atoms with Gasteiger partial charge in [0.2, 0.25) is 5.91 Å². The Morgan fingerprint density at radius 1 is 1.30 bits per heavy atom. The van der Waals surface area contributed by atoms with E-state index in [0.717, 1.165) is 0 Å². The molecule has 0 fully saturated rings. The van der Waals surface area contributed by atoms with Crippen LogP contribution in [0, 0.1) is 11.8 Å². The van der Waals surface area contributed by atoms with Crippen molar-refractivity contribution in [3.05, 3.63) is 24.3 Å². The number of rotatable bonds is 7. The normalized spacial score (nSPS) is 12.0. The third-order valence-corrected chi connectivity index (χ3v) is 3.13. The number of amides is 1. The van der Waals surface area contributed by atoms with E-state index in [0.29, 0.717) is 29.7 Å². The van der Waals surface area contributed by atoms with Crippen LogP contribution in [0.5, 0.6) is 5.75 Å². The van der Waals surface area contributed by atoms with Crippen LogP contribution in [0.3, 0.4) is 0 Å². The van der Waals surface area contributed by atoms with Gasteiger partial charge in [-0.25, -0.2) is 4.79 Å². The molecular weight excluding hydrogens is 258 g/mol. The molecule has 1 rings (SSSR count). The molecule has 1 unspecified atom stereocenters. The van der Waals surface area contributed by atoms with Crippen molar-refractivity contribution >= 4 is 17.6 Å². The highest BCUT2D eigenvalue weighted by molar-refractivity contribution is 5.91. The van der Waals surface area contributed by atoms with Crippen LogP contribution in [0.4, 0.5) is 5.69 Å². The van der Waals surface area contributed by atoms with Crippen LogP contribution >= 0.6 is 0 Å². The number of carbonyl (C=O) groups is 2. The summed E-state index contributed by atoms with van der Waals surface area (Å²) >= 11 is 0. The first-order valence-corrected chi connectivity index (χ1v) is 6.63. The summed E-state index contributed by atoms with van der Waals surface area (Å²) in [6.45, 7) is 5.80. The number of benzene rings is 1. The van der Waals surface area contributed by atoms with Gasteiger partial charge in [-0.2, -0.15) is 0 Å². The molecule has 20 heavy (non-hydrogen) atoms. The highest BCUT2D eigenvalue weighted by Gasteiger charge is 2.12. The fourth-order valence-electron chi connectivity index (χ4n) is 1.55. The Kier molecular flexibility index (Phi) is 6.03. The molecule has 1 atom stereocenters. The average molecular weight is 279 g/mol. The number of aliphatic carboxylic acids is 1. The molecule has 2 N–H and O–H groups in total. The Morgan fingerprint density at radius 2 is 2.00 bits per heavy atom. The number of anilines is 1. The SMILES string of the molecule is CC(C)C(C)CC(=O)Nc1cccc(OCC(=O)O)c1. The van der Waals surface area contributed by atoms with E-state index in [1.54, 1.807) is 24.3 Å². The van der Waals surface area contributed by atoms with Crippen molar-refractivity contribution in [3.63, 3.8) is 0 Å². The van der Waals surface area contributed by atoms with Gasteiger partial charge in [0.25, 0.3) is 0 Å².